The van der Waals surface area contributed by atoms with Gasteiger partial charge >= 0.3 is 0 Å². The van der Waals surface area contributed by atoms with Crippen LogP contribution in [0, 0.1) is 12.5 Å². The van der Waals surface area contributed by atoms with E-state index in [4.69, 9.17) is 18.2 Å². The smallest absolute Gasteiger partial charge is 0.262 e. The third-order valence-corrected chi connectivity index (χ3v) is 13.2. The number of nitrogens with zero attached hydrogens (tertiary/aromatic N) is 5. The monoisotopic (exact) mass is 787 g/mol. The van der Waals surface area contributed by atoms with Gasteiger partial charge in [0.2, 0.25) is 17.5 Å². The van der Waals surface area contributed by atoms with Crippen LogP contribution >= 0.6 is 11.6 Å². The fraction of sp³-hybridized carbons (Fsp3) is 0.455. The van der Waals surface area contributed by atoms with Crippen molar-refractivity contribution in [2.75, 3.05) is 29.4 Å². The number of rotatable bonds is 9. The molecule has 57 heavy (non-hydrogen) atoms. The molecule has 5 amide bonds. The number of carbonyl (C=O) groups excluding carboxylic acids is 5. The minimum absolute atomic E-state index is 0.0264. The van der Waals surface area contributed by atoms with Gasteiger partial charge in [0.1, 0.15) is 6.04 Å². The Morgan fingerprint density at radius 3 is 2.04 bits per heavy atom. The molecule has 0 radical (unpaired) electrons. The number of piperidine rings is 2. The Labute approximate surface area is 337 Å². The number of hydrogen-bond acceptors (Lipinski definition) is 8. The lowest BCUT2D eigenvalue weighted by Crippen LogP contribution is -2.54. The number of carbonyl (C=O) groups is 5. The third-order valence-electron chi connectivity index (χ3n) is 12.9. The van der Waals surface area contributed by atoms with Crippen LogP contribution in [0.25, 0.3) is 4.85 Å². The second-order valence-electron chi connectivity index (χ2n) is 16.6. The second kappa shape index (κ2) is 15.3. The van der Waals surface area contributed by atoms with Gasteiger partial charge in [0, 0.05) is 79.2 Å². The summed E-state index contributed by atoms with van der Waals surface area (Å²) in [7, 11) is 0. The SMILES string of the molecule is [C-]#[N+]c1ccc(N(C2CCC(NC(=O)c3ccc(N4CCC(CN5Cc6cc7c(cc6C5)C(=O)N(C5CCC(=O)NC5=O)C7=O)CC4)cc3)CC2)C2CC2)cc1Cl. The molecule has 4 heterocycles. The molecule has 0 bridgehead atoms. The quantitative estimate of drug-likeness (QED) is 0.193. The van der Waals surface area contributed by atoms with Crippen LogP contribution in [0.2, 0.25) is 5.02 Å². The first-order valence-corrected chi connectivity index (χ1v) is 20.7. The van der Waals surface area contributed by atoms with Crippen LogP contribution in [0.15, 0.2) is 54.6 Å². The molecule has 2 saturated heterocycles. The van der Waals surface area contributed by atoms with E-state index in [9.17, 15) is 24.0 Å². The van der Waals surface area contributed by atoms with Crippen LogP contribution < -0.4 is 20.4 Å². The summed E-state index contributed by atoms with van der Waals surface area (Å²) < 4.78 is 0. The Balaban J connectivity index is 0.732. The van der Waals surface area contributed by atoms with Crippen molar-refractivity contribution in [2.24, 2.45) is 5.92 Å². The van der Waals surface area contributed by atoms with E-state index < -0.39 is 23.8 Å². The molecule has 3 aromatic carbocycles. The average Bonchev–Trinajstić information content (AvgIpc) is 3.92. The van der Waals surface area contributed by atoms with Crippen LogP contribution in [-0.2, 0) is 22.7 Å². The zero-order chi connectivity index (χ0) is 39.4. The number of halogens is 1. The van der Waals surface area contributed by atoms with Gasteiger partial charge in [0.05, 0.1) is 17.7 Å². The van der Waals surface area contributed by atoms with Gasteiger partial charge in [-0.05, 0) is 123 Å². The Kier molecular flexibility index (Phi) is 9.99. The maximum Gasteiger partial charge on any atom is 0.262 e. The van der Waals surface area contributed by atoms with Gasteiger partial charge in [-0.2, -0.15) is 0 Å². The van der Waals surface area contributed by atoms with Crippen molar-refractivity contribution in [3.05, 3.63) is 98.9 Å². The van der Waals surface area contributed by atoms with Gasteiger partial charge in [-0.15, -0.1) is 0 Å². The lowest BCUT2D eigenvalue weighted by molar-refractivity contribution is -0.136. The fourth-order valence-electron chi connectivity index (χ4n) is 9.72. The van der Waals surface area contributed by atoms with Crippen LogP contribution in [-0.4, -0.2) is 83.1 Å². The van der Waals surface area contributed by atoms with Crippen LogP contribution in [0.1, 0.15) is 106 Å². The van der Waals surface area contributed by atoms with Gasteiger partial charge in [-0.25, -0.2) is 4.85 Å². The molecule has 1 unspecified atom stereocenters. The van der Waals surface area contributed by atoms with Crippen molar-refractivity contribution in [1.29, 1.82) is 0 Å². The van der Waals surface area contributed by atoms with Crippen molar-refractivity contribution >= 4 is 58.2 Å². The van der Waals surface area contributed by atoms with Gasteiger partial charge in [-0.1, -0.05) is 17.7 Å². The lowest BCUT2D eigenvalue weighted by Gasteiger charge is -2.39. The van der Waals surface area contributed by atoms with E-state index in [1.807, 2.05) is 42.5 Å². The molecule has 1 atom stereocenters. The van der Waals surface area contributed by atoms with Crippen molar-refractivity contribution in [1.82, 2.24) is 20.4 Å². The second-order valence-corrected chi connectivity index (χ2v) is 17.0. The highest BCUT2D eigenvalue weighted by Gasteiger charge is 2.45. The Morgan fingerprint density at radius 1 is 0.825 bits per heavy atom. The largest absolute Gasteiger partial charge is 0.372 e. The number of imide groups is 2. The summed E-state index contributed by atoms with van der Waals surface area (Å²) >= 11 is 6.40. The summed E-state index contributed by atoms with van der Waals surface area (Å²) in [6.07, 6.45) is 8.55. The van der Waals surface area contributed by atoms with Gasteiger partial charge in [0.15, 0.2) is 0 Å². The molecular formula is C44H46ClN7O5. The molecule has 9 rings (SSSR count). The van der Waals surface area contributed by atoms with E-state index in [0.29, 0.717) is 58.5 Å². The lowest BCUT2D eigenvalue weighted by atomic mass is 9.89. The predicted octanol–water partition coefficient (Wildman–Crippen LogP) is 6.23. The summed E-state index contributed by atoms with van der Waals surface area (Å²) in [6, 6.07) is 17.5. The number of benzene rings is 3. The highest BCUT2D eigenvalue weighted by Crippen LogP contribution is 2.40. The number of nitrogens with one attached hydrogen (secondary N) is 2. The molecule has 6 aliphatic rings. The normalized spacial score (nSPS) is 23.9. The fourth-order valence-corrected chi connectivity index (χ4v) is 9.93. The molecular weight excluding hydrogens is 742 g/mol. The van der Waals surface area contributed by atoms with Crippen LogP contribution in [0.3, 0.4) is 0 Å². The number of anilines is 2. The maximum atomic E-state index is 13.3. The molecule has 3 aromatic rings. The van der Waals surface area contributed by atoms with Crippen molar-refractivity contribution in [2.45, 2.75) is 101 Å². The van der Waals surface area contributed by atoms with E-state index in [1.165, 1.54) is 12.8 Å². The van der Waals surface area contributed by atoms with Gasteiger partial charge < -0.3 is 15.1 Å². The predicted molar refractivity (Wildman–Crippen MR) is 215 cm³/mol. The Bertz CT molecular complexity index is 2140. The van der Waals surface area contributed by atoms with E-state index in [-0.39, 0.29) is 30.7 Å². The Morgan fingerprint density at radius 2 is 1.46 bits per heavy atom. The molecule has 0 aromatic heterocycles. The molecule has 0 spiro atoms. The number of fused-ring (bicyclic) bond motifs is 2. The summed E-state index contributed by atoms with van der Waals surface area (Å²) in [5.74, 6) is -1.41. The molecule has 2 saturated carbocycles. The van der Waals surface area contributed by atoms with Gasteiger partial charge in [0.25, 0.3) is 17.7 Å². The van der Waals surface area contributed by atoms with Crippen LogP contribution in [0.5, 0.6) is 0 Å². The van der Waals surface area contributed by atoms with E-state index in [1.54, 1.807) is 0 Å². The maximum absolute atomic E-state index is 13.3. The molecule has 2 aliphatic carbocycles. The standard InChI is InChI=1S/C44H46ClN7O5/c1-46-38-13-12-34(22-37(38)45)51(33-10-11-33)32-8-4-30(5-9-32)47-41(54)27-2-6-31(7-3-27)50-18-16-26(17-19-50)23-49-24-28-20-35-36(21-29(28)25-49)44(57)52(43(35)56)39-14-15-40(53)48-42(39)55/h2-3,6-7,12-13,20-22,26,30,32-33,39H,4-5,8-11,14-19,23-25H2,(H,47,54)(H,48,53,55). The summed E-state index contributed by atoms with van der Waals surface area (Å²) in [4.78, 5) is 75.8. The highest BCUT2D eigenvalue weighted by molar-refractivity contribution is 6.33. The topological polar surface area (TPSA) is 127 Å². The zero-order valence-electron chi connectivity index (χ0n) is 31.8. The first kappa shape index (κ1) is 37.3. The summed E-state index contributed by atoms with van der Waals surface area (Å²) in [5.41, 5.74) is 6.15. The van der Waals surface area contributed by atoms with E-state index >= 15 is 0 Å². The first-order chi connectivity index (χ1) is 27.6. The van der Waals surface area contributed by atoms with Gasteiger partial charge in [-0.3, -0.25) is 39.1 Å². The highest BCUT2D eigenvalue weighted by atomic mass is 35.5. The van der Waals surface area contributed by atoms with Crippen molar-refractivity contribution in [3.8, 4) is 0 Å². The van der Waals surface area contributed by atoms with E-state index in [2.05, 4.69) is 42.3 Å². The average molecular weight is 788 g/mol. The zero-order valence-corrected chi connectivity index (χ0v) is 32.6. The third kappa shape index (κ3) is 7.39. The van der Waals surface area contributed by atoms with Crippen LogP contribution in [0.4, 0.5) is 17.1 Å². The summed E-state index contributed by atoms with van der Waals surface area (Å²) in [5, 5.41) is 6.05. The molecule has 2 N–H and O–H groups in total. The molecule has 4 aliphatic heterocycles. The molecule has 294 valence electrons. The Hall–Kier alpha value is -5.25. The van der Waals surface area contributed by atoms with E-state index in [0.717, 1.165) is 85.6 Å². The summed E-state index contributed by atoms with van der Waals surface area (Å²) in [6.45, 7) is 11.5. The van der Waals surface area contributed by atoms with Crippen molar-refractivity contribution < 1.29 is 24.0 Å². The van der Waals surface area contributed by atoms with Crippen molar-refractivity contribution in [3.63, 3.8) is 0 Å². The number of hydrogen-bond donors (Lipinski definition) is 2. The molecule has 13 heteroatoms. The molecule has 4 fully saturated rings. The molecule has 12 nitrogen and oxygen atoms in total. The first-order valence-electron chi connectivity index (χ1n) is 20.3. The minimum Gasteiger partial charge on any atom is -0.372 e. The minimum atomic E-state index is -0.959. The number of amides is 5.